The summed E-state index contributed by atoms with van der Waals surface area (Å²) in [6, 6.07) is -0.219. The third-order valence-electron chi connectivity index (χ3n) is 2.32. The first-order valence-electron chi connectivity index (χ1n) is 5.39. The van der Waals surface area contributed by atoms with Crippen LogP contribution in [0.2, 0.25) is 0 Å². The van der Waals surface area contributed by atoms with Crippen LogP contribution in [0.4, 0.5) is 4.79 Å². The zero-order chi connectivity index (χ0) is 12.1. The van der Waals surface area contributed by atoms with Gasteiger partial charge in [0.1, 0.15) is 0 Å². The Kier molecular flexibility index (Phi) is 4.54. The number of carboxylic acid groups (broad SMARTS) is 1. The Bertz CT molecular complexity index is 260. The number of urea groups is 1. The van der Waals surface area contributed by atoms with E-state index in [1.54, 1.807) is 4.90 Å². The maximum Gasteiger partial charge on any atom is 0.317 e. The number of nitrogens with one attached hydrogen (secondary N) is 1. The van der Waals surface area contributed by atoms with Gasteiger partial charge in [-0.25, -0.2) is 4.79 Å². The number of carbonyl (C=O) groups is 2. The number of morpholine rings is 1. The zero-order valence-electron chi connectivity index (χ0n) is 9.60. The van der Waals surface area contributed by atoms with Crippen molar-refractivity contribution in [2.45, 2.75) is 32.5 Å². The van der Waals surface area contributed by atoms with Crippen LogP contribution in [0, 0.1) is 0 Å². The van der Waals surface area contributed by atoms with E-state index in [9.17, 15) is 9.59 Å². The summed E-state index contributed by atoms with van der Waals surface area (Å²) in [4.78, 5) is 23.6. The maximum absolute atomic E-state index is 11.6. The fourth-order valence-corrected chi connectivity index (χ4v) is 1.73. The predicted octanol–water partition coefficient (Wildman–Crippen LogP) is 0.280. The molecule has 1 heterocycles. The Labute approximate surface area is 94.6 Å². The Hall–Kier alpha value is -1.30. The molecule has 92 valence electrons. The predicted molar refractivity (Wildman–Crippen MR) is 57.2 cm³/mol. The van der Waals surface area contributed by atoms with Gasteiger partial charge in [-0.2, -0.15) is 0 Å². The fraction of sp³-hybridized carbons (Fsp3) is 0.800. The molecule has 2 amide bonds. The summed E-state index contributed by atoms with van der Waals surface area (Å²) in [6.07, 6.45) is -0.00998. The monoisotopic (exact) mass is 230 g/mol. The normalized spacial score (nSPS) is 25.2. The number of carbonyl (C=O) groups excluding carboxylic acids is 1. The van der Waals surface area contributed by atoms with Gasteiger partial charge in [-0.3, -0.25) is 4.79 Å². The highest BCUT2D eigenvalue weighted by molar-refractivity contribution is 5.75. The molecule has 1 aliphatic heterocycles. The average molecular weight is 230 g/mol. The van der Waals surface area contributed by atoms with Crippen LogP contribution < -0.4 is 5.32 Å². The molecular weight excluding hydrogens is 212 g/mol. The molecule has 1 saturated heterocycles. The van der Waals surface area contributed by atoms with E-state index >= 15 is 0 Å². The van der Waals surface area contributed by atoms with Gasteiger partial charge in [0.05, 0.1) is 18.6 Å². The van der Waals surface area contributed by atoms with Gasteiger partial charge >= 0.3 is 12.0 Å². The van der Waals surface area contributed by atoms with Crippen molar-refractivity contribution in [3.63, 3.8) is 0 Å². The highest BCUT2D eigenvalue weighted by Crippen LogP contribution is 2.10. The molecule has 16 heavy (non-hydrogen) atoms. The Balaban J connectivity index is 2.32. The summed E-state index contributed by atoms with van der Waals surface area (Å²) >= 11 is 0. The second-order valence-electron chi connectivity index (χ2n) is 4.04. The Morgan fingerprint density at radius 1 is 1.38 bits per heavy atom. The average Bonchev–Trinajstić information content (AvgIpc) is 2.15. The summed E-state index contributed by atoms with van der Waals surface area (Å²) in [6.45, 7) is 5.07. The van der Waals surface area contributed by atoms with Gasteiger partial charge in [-0.1, -0.05) is 0 Å². The molecule has 1 aliphatic rings. The van der Waals surface area contributed by atoms with E-state index in [1.807, 2.05) is 13.8 Å². The van der Waals surface area contributed by atoms with E-state index in [-0.39, 0.29) is 31.2 Å². The van der Waals surface area contributed by atoms with Gasteiger partial charge in [-0.15, -0.1) is 0 Å². The fourth-order valence-electron chi connectivity index (χ4n) is 1.73. The minimum absolute atomic E-state index is 0.0222. The number of amides is 2. The minimum atomic E-state index is -0.913. The van der Waals surface area contributed by atoms with Crippen LogP contribution in [0.1, 0.15) is 20.3 Å². The first-order valence-corrected chi connectivity index (χ1v) is 5.39. The largest absolute Gasteiger partial charge is 0.481 e. The molecule has 0 aromatic rings. The quantitative estimate of drug-likeness (QED) is 0.730. The molecule has 6 heteroatoms. The van der Waals surface area contributed by atoms with Crippen LogP contribution in [0.25, 0.3) is 0 Å². The number of carboxylic acids is 1. The van der Waals surface area contributed by atoms with Crippen LogP contribution in [-0.4, -0.2) is 53.8 Å². The first kappa shape index (κ1) is 12.8. The molecule has 6 nitrogen and oxygen atoms in total. The van der Waals surface area contributed by atoms with Gasteiger partial charge in [0, 0.05) is 19.6 Å². The molecule has 0 unspecified atom stereocenters. The molecule has 0 aromatic carbocycles. The second kappa shape index (κ2) is 5.69. The number of aliphatic carboxylic acids is 1. The number of nitrogens with zero attached hydrogens (tertiary/aromatic N) is 1. The van der Waals surface area contributed by atoms with Crippen molar-refractivity contribution in [1.29, 1.82) is 0 Å². The van der Waals surface area contributed by atoms with E-state index in [1.165, 1.54) is 0 Å². The lowest BCUT2D eigenvalue weighted by molar-refractivity contribution is -0.136. The lowest BCUT2D eigenvalue weighted by atomic mass is 10.2. The highest BCUT2D eigenvalue weighted by atomic mass is 16.5. The van der Waals surface area contributed by atoms with Gasteiger partial charge < -0.3 is 20.1 Å². The third kappa shape index (κ3) is 4.06. The number of rotatable bonds is 3. The standard InChI is InChI=1S/C10H18N2O4/c1-7-5-12(6-8(2)16-7)10(15)11-4-3-9(13)14/h7-8H,3-6H2,1-2H3,(H,11,15)(H,13,14)/t7-,8+. The highest BCUT2D eigenvalue weighted by Gasteiger charge is 2.25. The summed E-state index contributed by atoms with van der Waals surface area (Å²) in [5, 5.41) is 11.0. The van der Waals surface area contributed by atoms with Gasteiger partial charge in [0.2, 0.25) is 0 Å². The number of hydrogen-bond acceptors (Lipinski definition) is 3. The molecule has 2 atom stereocenters. The van der Waals surface area contributed by atoms with E-state index in [2.05, 4.69) is 5.32 Å². The van der Waals surface area contributed by atoms with Crippen molar-refractivity contribution < 1.29 is 19.4 Å². The van der Waals surface area contributed by atoms with Gasteiger partial charge in [-0.05, 0) is 13.8 Å². The van der Waals surface area contributed by atoms with Crippen LogP contribution in [0.3, 0.4) is 0 Å². The molecule has 2 N–H and O–H groups in total. The number of ether oxygens (including phenoxy) is 1. The van der Waals surface area contributed by atoms with Crippen LogP contribution in [0.15, 0.2) is 0 Å². The van der Waals surface area contributed by atoms with E-state index in [4.69, 9.17) is 9.84 Å². The maximum atomic E-state index is 11.6. The molecule has 0 spiro atoms. The summed E-state index contributed by atoms with van der Waals surface area (Å²) in [5.74, 6) is -0.913. The van der Waals surface area contributed by atoms with E-state index < -0.39 is 5.97 Å². The lowest BCUT2D eigenvalue weighted by Gasteiger charge is -2.35. The van der Waals surface area contributed by atoms with Crippen molar-refractivity contribution >= 4 is 12.0 Å². The van der Waals surface area contributed by atoms with E-state index in [0.717, 1.165) is 0 Å². The Morgan fingerprint density at radius 3 is 2.44 bits per heavy atom. The molecule has 0 bridgehead atoms. The SMILES string of the molecule is C[C@@H]1CN(C(=O)NCCC(=O)O)C[C@H](C)O1. The summed E-state index contributed by atoms with van der Waals surface area (Å²) in [5.41, 5.74) is 0. The molecule has 0 aliphatic carbocycles. The topological polar surface area (TPSA) is 78.9 Å². The van der Waals surface area contributed by atoms with Crippen molar-refractivity contribution in [1.82, 2.24) is 10.2 Å². The molecule has 0 aromatic heterocycles. The Morgan fingerprint density at radius 2 is 1.94 bits per heavy atom. The molecule has 0 saturated carbocycles. The number of hydrogen-bond donors (Lipinski definition) is 2. The van der Waals surface area contributed by atoms with Gasteiger partial charge in [0.25, 0.3) is 0 Å². The van der Waals surface area contributed by atoms with Crippen molar-refractivity contribution in [2.24, 2.45) is 0 Å². The van der Waals surface area contributed by atoms with Crippen molar-refractivity contribution in [2.75, 3.05) is 19.6 Å². The third-order valence-corrected chi connectivity index (χ3v) is 2.32. The van der Waals surface area contributed by atoms with Crippen molar-refractivity contribution in [3.05, 3.63) is 0 Å². The van der Waals surface area contributed by atoms with Crippen LogP contribution in [0.5, 0.6) is 0 Å². The second-order valence-corrected chi connectivity index (χ2v) is 4.04. The first-order chi connectivity index (χ1) is 7.49. The van der Waals surface area contributed by atoms with Crippen LogP contribution in [-0.2, 0) is 9.53 Å². The summed E-state index contributed by atoms with van der Waals surface area (Å²) < 4.78 is 5.49. The van der Waals surface area contributed by atoms with E-state index in [0.29, 0.717) is 13.1 Å². The molecule has 0 radical (unpaired) electrons. The minimum Gasteiger partial charge on any atom is -0.481 e. The summed E-state index contributed by atoms with van der Waals surface area (Å²) in [7, 11) is 0. The molecular formula is C10H18N2O4. The lowest BCUT2D eigenvalue weighted by Crippen LogP contribution is -2.51. The van der Waals surface area contributed by atoms with Gasteiger partial charge in [0.15, 0.2) is 0 Å². The smallest absolute Gasteiger partial charge is 0.317 e. The zero-order valence-corrected chi connectivity index (χ0v) is 9.60. The van der Waals surface area contributed by atoms with Crippen molar-refractivity contribution in [3.8, 4) is 0 Å². The molecule has 1 fully saturated rings. The molecule has 1 rings (SSSR count). The van der Waals surface area contributed by atoms with Crippen LogP contribution >= 0.6 is 0 Å².